The molecule has 0 amide bonds. The lowest BCUT2D eigenvalue weighted by molar-refractivity contribution is -0.134. The van der Waals surface area contributed by atoms with Gasteiger partial charge in [-0.3, -0.25) is 4.79 Å². The van der Waals surface area contributed by atoms with E-state index in [1.54, 1.807) is 0 Å². The van der Waals surface area contributed by atoms with E-state index in [0.29, 0.717) is 12.2 Å². The largest absolute Gasteiger partial charge is 0.426 e. The Balaban J connectivity index is 1.16. The fourth-order valence-corrected chi connectivity index (χ4v) is 5.29. The normalized spacial score (nSPS) is 11.7. The summed E-state index contributed by atoms with van der Waals surface area (Å²) >= 11 is 0. The first-order valence-electron chi connectivity index (χ1n) is 15.0. The molecule has 0 atom stereocenters. The smallest absolute Gasteiger partial charge is 0.311 e. The van der Waals surface area contributed by atoms with Gasteiger partial charge < -0.3 is 4.74 Å². The molecule has 2 nitrogen and oxygen atoms in total. The average Bonchev–Trinajstić information content (AvgIpc) is 2.93. The number of carbonyl (C=O) groups excluding carboxylic acids is 1. The van der Waals surface area contributed by atoms with Crippen LogP contribution in [-0.2, 0) is 4.79 Å². The van der Waals surface area contributed by atoms with E-state index < -0.39 is 0 Å². The Morgan fingerprint density at radius 3 is 1.84 bits per heavy atom. The molecule has 0 aliphatic rings. The van der Waals surface area contributed by atoms with Gasteiger partial charge >= 0.3 is 5.97 Å². The summed E-state index contributed by atoms with van der Waals surface area (Å²) in [6.07, 6.45) is 21.5. The van der Waals surface area contributed by atoms with Crippen LogP contribution in [0.4, 0.5) is 0 Å². The summed E-state index contributed by atoms with van der Waals surface area (Å²) in [6.45, 7) is 2.27. The van der Waals surface area contributed by atoms with Crippen molar-refractivity contribution in [1.29, 1.82) is 0 Å². The van der Waals surface area contributed by atoms with Gasteiger partial charge in [-0.25, -0.2) is 0 Å². The van der Waals surface area contributed by atoms with Gasteiger partial charge in [-0.1, -0.05) is 107 Å². The molecule has 0 N–H and O–H groups in total. The van der Waals surface area contributed by atoms with Crippen molar-refractivity contribution in [3.8, 4) is 5.75 Å². The molecule has 0 aliphatic heterocycles. The zero-order valence-electron chi connectivity index (χ0n) is 23.2. The Labute approximate surface area is 229 Å². The quantitative estimate of drug-likeness (QED) is 0.0494. The lowest BCUT2D eigenvalue weighted by Crippen LogP contribution is -2.07. The highest BCUT2D eigenvalue weighted by molar-refractivity contribution is 6.06. The van der Waals surface area contributed by atoms with Gasteiger partial charge in [0.15, 0.2) is 0 Å². The van der Waals surface area contributed by atoms with Gasteiger partial charge in [-0.15, -0.1) is 0 Å². The van der Waals surface area contributed by atoms with E-state index in [1.165, 1.54) is 86.8 Å². The molecule has 0 heterocycles. The maximum absolute atomic E-state index is 12.6. The van der Waals surface area contributed by atoms with Gasteiger partial charge in [-0.2, -0.15) is 0 Å². The van der Waals surface area contributed by atoms with Gasteiger partial charge in [-0.05, 0) is 89.4 Å². The van der Waals surface area contributed by atoms with Crippen LogP contribution in [0.25, 0.3) is 32.3 Å². The van der Waals surface area contributed by atoms with Crippen LogP contribution in [0.5, 0.6) is 5.75 Å². The number of unbranched alkanes of at least 4 members (excludes halogenated alkanes) is 11. The van der Waals surface area contributed by atoms with Crippen molar-refractivity contribution < 1.29 is 9.53 Å². The average molecular weight is 509 g/mol. The molecule has 4 aromatic rings. The minimum Gasteiger partial charge on any atom is -0.426 e. The fourth-order valence-electron chi connectivity index (χ4n) is 5.29. The topological polar surface area (TPSA) is 26.3 Å². The maximum Gasteiger partial charge on any atom is 0.311 e. The van der Waals surface area contributed by atoms with Crippen molar-refractivity contribution in [1.82, 2.24) is 0 Å². The predicted molar refractivity (Wildman–Crippen MR) is 164 cm³/mol. The first-order valence-corrected chi connectivity index (χ1v) is 15.0. The van der Waals surface area contributed by atoms with E-state index >= 15 is 0 Å². The summed E-state index contributed by atoms with van der Waals surface area (Å²) in [5, 5.41) is 6.91. The fraction of sp³-hybridized carbons (Fsp3) is 0.417. The van der Waals surface area contributed by atoms with Gasteiger partial charge in [0.05, 0.1) is 0 Å². The predicted octanol–water partition coefficient (Wildman–Crippen LogP) is 11.1. The van der Waals surface area contributed by atoms with E-state index in [4.69, 9.17) is 4.74 Å². The second-order valence-corrected chi connectivity index (χ2v) is 10.7. The zero-order chi connectivity index (χ0) is 26.4. The third-order valence-electron chi connectivity index (χ3n) is 7.53. The first kappa shape index (κ1) is 27.9. The molecule has 0 saturated heterocycles. The minimum atomic E-state index is -0.131. The molecule has 0 aliphatic carbocycles. The van der Waals surface area contributed by atoms with Crippen LogP contribution in [0.3, 0.4) is 0 Å². The molecular formula is C36H44O2. The lowest BCUT2D eigenvalue weighted by atomic mass is 9.99. The molecule has 38 heavy (non-hydrogen) atoms. The molecule has 4 rings (SSSR count). The number of hydrogen-bond acceptors (Lipinski definition) is 2. The first-order chi connectivity index (χ1) is 18.7. The minimum absolute atomic E-state index is 0.131. The lowest BCUT2D eigenvalue weighted by Gasteiger charge is -2.10. The number of allylic oxidation sites excluding steroid dienone is 2. The van der Waals surface area contributed by atoms with Crippen molar-refractivity contribution in [3.63, 3.8) is 0 Å². The van der Waals surface area contributed by atoms with Crippen LogP contribution in [-0.4, -0.2) is 5.97 Å². The number of esters is 1. The highest BCUT2D eigenvalue weighted by atomic mass is 16.5. The number of hydrogen-bond donors (Lipinski definition) is 0. The van der Waals surface area contributed by atoms with Crippen molar-refractivity contribution in [3.05, 3.63) is 78.9 Å². The molecule has 200 valence electrons. The summed E-state index contributed by atoms with van der Waals surface area (Å²) in [4.78, 5) is 12.6. The summed E-state index contributed by atoms with van der Waals surface area (Å²) in [7, 11) is 0. The standard InChI is InChI=1S/C36H44O2/c1-2-3-4-5-6-7-8-9-10-11-12-13-14-15-16-24-36(37)38-35-23-19-22-31-27-32-25-29-20-17-18-21-30(29)26-33(32)28-34(31)35/h9-10,17-23,25-28H,2-8,11-16,24H2,1H3/b10-9-. The molecule has 0 fully saturated rings. The maximum atomic E-state index is 12.6. The third-order valence-corrected chi connectivity index (χ3v) is 7.53. The van der Waals surface area contributed by atoms with Crippen molar-refractivity contribution in [2.24, 2.45) is 0 Å². The summed E-state index contributed by atoms with van der Waals surface area (Å²) < 4.78 is 5.84. The van der Waals surface area contributed by atoms with E-state index in [9.17, 15) is 4.79 Å². The molecule has 0 radical (unpaired) electrons. The van der Waals surface area contributed by atoms with Crippen molar-refractivity contribution in [2.75, 3.05) is 0 Å². The summed E-state index contributed by atoms with van der Waals surface area (Å²) in [6, 6.07) is 23.2. The highest BCUT2D eigenvalue weighted by Crippen LogP contribution is 2.32. The van der Waals surface area contributed by atoms with E-state index in [0.717, 1.165) is 29.0 Å². The van der Waals surface area contributed by atoms with Crippen LogP contribution in [0.15, 0.2) is 78.9 Å². The van der Waals surface area contributed by atoms with Gasteiger partial charge in [0.2, 0.25) is 0 Å². The second-order valence-electron chi connectivity index (χ2n) is 10.7. The molecule has 0 bridgehead atoms. The molecular weight excluding hydrogens is 464 g/mol. The van der Waals surface area contributed by atoms with E-state index in [2.05, 4.69) is 73.7 Å². The summed E-state index contributed by atoms with van der Waals surface area (Å²) in [5.41, 5.74) is 0. The second kappa shape index (κ2) is 15.3. The number of rotatable bonds is 16. The zero-order valence-corrected chi connectivity index (χ0v) is 23.2. The monoisotopic (exact) mass is 508 g/mol. The Bertz CT molecular complexity index is 1330. The Morgan fingerprint density at radius 1 is 0.605 bits per heavy atom. The molecule has 0 unspecified atom stereocenters. The molecule has 0 spiro atoms. The van der Waals surface area contributed by atoms with Crippen molar-refractivity contribution in [2.45, 2.75) is 96.8 Å². The summed E-state index contributed by atoms with van der Waals surface area (Å²) in [5.74, 6) is 0.532. The number of ether oxygens (including phenoxy) is 1. The molecule has 2 heteroatoms. The van der Waals surface area contributed by atoms with Crippen LogP contribution < -0.4 is 4.74 Å². The van der Waals surface area contributed by atoms with Crippen LogP contribution in [0.2, 0.25) is 0 Å². The molecule has 4 aromatic carbocycles. The van der Waals surface area contributed by atoms with Crippen LogP contribution in [0, 0.1) is 0 Å². The molecule has 0 aromatic heterocycles. The third kappa shape index (κ3) is 8.45. The van der Waals surface area contributed by atoms with E-state index in [-0.39, 0.29) is 5.97 Å². The van der Waals surface area contributed by atoms with Gasteiger partial charge in [0.25, 0.3) is 0 Å². The SMILES string of the molecule is CCCCCCCC/C=C\CCCCCCCC(=O)Oc1cccc2cc3cc4ccccc4cc3cc12. The number of benzene rings is 4. The van der Waals surface area contributed by atoms with Crippen LogP contribution >= 0.6 is 0 Å². The number of fused-ring (bicyclic) bond motifs is 3. The Morgan fingerprint density at radius 2 is 1.16 bits per heavy atom. The van der Waals surface area contributed by atoms with Crippen molar-refractivity contribution >= 4 is 38.3 Å². The van der Waals surface area contributed by atoms with E-state index in [1.807, 2.05) is 12.1 Å². The van der Waals surface area contributed by atoms with Crippen LogP contribution in [0.1, 0.15) is 96.8 Å². The number of carbonyl (C=O) groups is 1. The Hall–Kier alpha value is -3.13. The highest BCUT2D eigenvalue weighted by Gasteiger charge is 2.10. The Kier molecular flexibility index (Phi) is 11.2. The van der Waals surface area contributed by atoms with Gasteiger partial charge in [0.1, 0.15) is 5.75 Å². The van der Waals surface area contributed by atoms with Gasteiger partial charge in [0, 0.05) is 11.8 Å². The molecule has 0 saturated carbocycles.